The Hall–Kier alpha value is -3.58. The molecule has 34 heavy (non-hydrogen) atoms. The number of hydrogen-bond donors (Lipinski definition) is 1. The number of amides is 1. The second kappa shape index (κ2) is 9.73. The number of halogens is 1. The number of ether oxygens (including phenoxy) is 2. The molecule has 6 nitrogen and oxygen atoms in total. The Morgan fingerprint density at radius 3 is 2.56 bits per heavy atom. The molecule has 1 saturated heterocycles. The van der Waals surface area contributed by atoms with Crippen molar-refractivity contribution >= 4 is 11.6 Å². The van der Waals surface area contributed by atoms with Gasteiger partial charge in [-0.2, -0.15) is 0 Å². The van der Waals surface area contributed by atoms with Crippen molar-refractivity contribution in [3.63, 3.8) is 0 Å². The van der Waals surface area contributed by atoms with Crippen molar-refractivity contribution in [1.82, 2.24) is 10.2 Å². The standard InChI is InChI=1S/C27H28FN3O3/c1-19-5-4-6-21(15-19)27(32)29-17-24(20-9-10-25-26(16-20)34-18-33-25)31-13-11-30(12-14-31)23-8-3-2-7-22(23)28/h2-10,15-16,24H,11-14,17-18H2,1H3,(H,29,32)/t24-/m0/s1. The zero-order valence-electron chi connectivity index (χ0n) is 19.2. The lowest BCUT2D eigenvalue weighted by atomic mass is 10.0. The van der Waals surface area contributed by atoms with Crippen molar-refractivity contribution in [3.8, 4) is 11.5 Å². The van der Waals surface area contributed by atoms with Crippen LogP contribution in [0.1, 0.15) is 27.5 Å². The van der Waals surface area contributed by atoms with Gasteiger partial charge in [-0.15, -0.1) is 0 Å². The van der Waals surface area contributed by atoms with Gasteiger partial charge in [-0.05, 0) is 48.9 Å². The van der Waals surface area contributed by atoms with Crippen molar-refractivity contribution in [1.29, 1.82) is 0 Å². The van der Waals surface area contributed by atoms with Crippen LogP contribution in [0, 0.1) is 12.7 Å². The topological polar surface area (TPSA) is 54.0 Å². The maximum Gasteiger partial charge on any atom is 0.251 e. The van der Waals surface area contributed by atoms with Gasteiger partial charge in [-0.3, -0.25) is 9.69 Å². The molecule has 0 unspecified atom stereocenters. The Kier molecular flexibility index (Phi) is 6.36. The molecule has 0 saturated carbocycles. The second-order valence-corrected chi connectivity index (χ2v) is 8.68. The van der Waals surface area contributed by atoms with E-state index in [9.17, 15) is 9.18 Å². The largest absolute Gasteiger partial charge is 0.454 e. The number of piperazine rings is 1. The van der Waals surface area contributed by atoms with Crippen LogP contribution in [0.15, 0.2) is 66.7 Å². The zero-order valence-corrected chi connectivity index (χ0v) is 19.2. The van der Waals surface area contributed by atoms with E-state index in [1.54, 1.807) is 6.07 Å². The number of benzene rings is 3. The van der Waals surface area contributed by atoms with Crippen LogP contribution < -0.4 is 19.7 Å². The third-order valence-electron chi connectivity index (χ3n) is 6.47. The Balaban J connectivity index is 1.33. The van der Waals surface area contributed by atoms with Gasteiger partial charge in [0.15, 0.2) is 11.5 Å². The van der Waals surface area contributed by atoms with Crippen LogP contribution in [0.4, 0.5) is 10.1 Å². The van der Waals surface area contributed by atoms with Crippen LogP contribution >= 0.6 is 0 Å². The minimum Gasteiger partial charge on any atom is -0.454 e. The fourth-order valence-electron chi connectivity index (χ4n) is 4.64. The van der Waals surface area contributed by atoms with E-state index >= 15 is 0 Å². The quantitative estimate of drug-likeness (QED) is 0.598. The molecule has 2 aliphatic heterocycles. The summed E-state index contributed by atoms with van der Waals surface area (Å²) < 4.78 is 25.4. The van der Waals surface area contributed by atoms with Gasteiger partial charge >= 0.3 is 0 Å². The summed E-state index contributed by atoms with van der Waals surface area (Å²) in [5.41, 5.74) is 3.38. The number of hydrogen-bond acceptors (Lipinski definition) is 5. The summed E-state index contributed by atoms with van der Waals surface area (Å²) in [6, 6.07) is 20.4. The molecule has 176 valence electrons. The SMILES string of the molecule is Cc1cccc(C(=O)NC[C@@H](c2ccc3c(c2)OCO3)N2CCN(c3ccccc3F)CC2)c1. The van der Waals surface area contributed by atoms with E-state index in [1.807, 2.05) is 61.5 Å². The Bertz CT molecular complexity index is 1180. The average Bonchev–Trinajstić information content (AvgIpc) is 3.33. The molecule has 0 aliphatic carbocycles. The molecule has 1 fully saturated rings. The maximum atomic E-state index is 14.3. The molecule has 1 amide bonds. The van der Waals surface area contributed by atoms with Crippen molar-refractivity contribution in [3.05, 3.63) is 89.2 Å². The molecule has 1 N–H and O–H groups in total. The molecule has 2 heterocycles. The first-order chi connectivity index (χ1) is 16.6. The third-order valence-corrected chi connectivity index (χ3v) is 6.47. The van der Waals surface area contributed by atoms with E-state index in [-0.39, 0.29) is 24.6 Å². The lowest BCUT2D eigenvalue weighted by molar-refractivity contribution is 0.0930. The minimum atomic E-state index is -0.200. The number of nitrogens with one attached hydrogen (secondary N) is 1. The molecule has 3 aromatic rings. The first-order valence-corrected chi connectivity index (χ1v) is 11.6. The molecule has 5 rings (SSSR count). The molecule has 0 aromatic heterocycles. The molecule has 0 spiro atoms. The fourth-order valence-corrected chi connectivity index (χ4v) is 4.64. The molecular weight excluding hydrogens is 433 g/mol. The summed E-state index contributed by atoms with van der Waals surface area (Å²) in [6.07, 6.45) is 0. The lowest BCUT2D eigenvalue weighted by Gasteiger charge is -2.40. The smallest absolute Gasteiger partial charge is 0.251 e. The number of para-hydroxylation sites is 1. The normalized spacial score (nSPS) is 16.4. The van der Waals surface area contributed by atoms with Crippen molar-refractivity contribution in [2.45, 2.75) is 13.0 Å². The molecule has 0 bridgehead atoms. The number of nitrogens with zero attached hydrogens (tertiary/aromatic N) is 2. The second-order valence-electron chi connectivity index (χ2n) is 8.68. The third kappa shape index (κ3) is 4.70. The van der Waals surface area contributed by atoms with Crippen LogP contribution in [-0.4, -0.2) is 50.3 Å². The van der Waals surface area contributed by atoms with Crippen LogP contribution in [0.25, 0.3) is 0 Å². The van der Waals surface area contributed by atoms with Gasteiger partial charge < -0.3 is 19.7 Å². The summed E-state index contributed by atoms with van der Waals surface area (Å²) in [5, 5.41) is 3.12. The van der Waals surface area contributed by atoms with E-state index < -0.39 is 0 Å². The summed E-state index contributed by atoms with van der Waals surface area (Å²) in [6.45, 7) is 5.53. The predicted octanol–water partition coefficient (Wildman–Crippen LogP) is 4.16. The van der Waals surface area contributed by atoms with Gasteiger partial charge in [0.05, 0.1) is 11.7 Å². The molecular formula is C27H28FN3O3. The van der Waals surface area contributed by atoms with Gasteiger partial charge in [0.1, 0.15) is 5.82 Å². The molecule has 0 radical (unpaired) electrons. The summed E-state index contributed by atoms with van der Waals surface area (Å²) in [7, 11) is 0. The highest BCUT2D eigenvalue weighted by Gasteiger charge is 2.28. The van der Waals surface area contributed by atoms with E-state index in [0.29, 0.717) is 30.9 Å². The van der Waals surface area contributed by atoms with E-state index in [2.05, 4.69) is 15.1 Å². The first kappa shape index (κ1) is 22.2. The fraction of sp³-hybridized carbons (Fsp3) is 0.296. The van der Waals surface area contributed by atoms with Crippen molar-refractivity contribution in [2.75, 3.05) is 44.4 Å². The van der Waals surface area contributed by atoms with Gasteiger partial charge in [0, 0.05) is 38.3 Å². The number of carbonyl (C=O) groups excluding carboxylic acids is 1. The zero-order chi connectivity index (χ0) is 23.5. The average molecular weight is 462 g/mol. The monoisotopic (exact) mass is 461 g/mol. The van der Waals surface area contributed by atoms with Crippen molar-refractivity contribution in [2.24, 2.45) is 0 Å². The van der Waals surface area contributed by atoms with E-state index in [4.69, 9.17) is 9.47 Å². The van der Waals surface area contributed by atoms with Gasteiger partial charge in [0.2, 0.25) is 6.79 Å². The number of aryl methyl sites for hydroxylation is 1. The summed E-state index contributed by atoms with van der Waals surface area (Å²) >= 11 is 0. The number of fused-ring (bicyclic) bond motifs is 1. The molecule has 2 aliphatic rings. The minimum absolute atomic E-state index is 0.0500. The van der Waals surface area contributed by atoms with Crippen molar-refractivity contribution < 1.29 is 18.7 Å². The molecule has 3 aromatic carbocycles. The van der Waals surface area contributed by atoms with Crippen LogP contribution in [0.3, 0.4) is 0 Å². The van der Waals surface area contributed by atoms with Gasteiger partial charge in [-0.1, -0.05) is 35.9 Å². The number of anilines is 1. The Morgan fingerprint density at radius 2 is 1.76 bits per heavy atom. The first-order valence-electron chi connectivity index (χ1n) is 11.6. The van der Waals surface area contributed by atoms with E-state index in [1.165, 1.54) is 6.07 Å². The van der Waals surface area contributed by atoms with Gasteiger partial charge in [0.25, 0.3) is 5.91 Å². The molecule has 7 heteroatoms. The predicted molar refractivity (Wildman–Crippen MR) is 129 cm³/mol. The molecule has 1 atom stereocenters. The lowest BCUT2D eigenvalue weighted by Crippen LogP contribution is -2.50. The van der Waals surface area contributed by atoms with Crippen LogP contribution in [0.2, 0.25) is 0 Å². The number of rotatable bonds is 6. The highest BCUT2D eigenvalue weighted by molar-refractivity contribution is 5.94. The number of carbonyl (C=O) groups is 1. The highest BCUT2D eigenvalue weighted by atomic mass is 19.1. The summed E-state index contributed by atoms with van der Waals surface area (Å²) in [5.74, 6) is 1.15. The Morgan fingerprint density at radius 1 is 0.971 bits per heavy atom. The maximum absolute atomic E-state index is 14.3. The van der Waals surface area contributed by atoms with E-state index in [0.717, 1.165) is 35.7 Å². The summed E-state index contributed by atoms with van der Waals surface area (Å²) in [4.78, 5) is 17.3. The van der Waals surface area contributed by atoms with Gasteiger partial charge in [-0.25, -0.2) is 4.39 Å². The van der Waals surface area contributed by atoms with Crippen LogP contribution in [-0.2, 0) is 0 Å². The van der Waals surface area contributed by atoms with Crippen LogP contribution in [0.5, 0.6) is 11.5 Å². The Labute approximate surface area is 198 Å². The highest BCUT2D eigenvalue weighted by Crippen LogP contribution is 2.36.